The van der Waals surface area contributed by atoms with Crippen LogP contribution in [0.4, 0.5) is 0 Å². The summed E-state index contributed by atoms with van der Waals surface area (Å²) in [6.45, 7) is 2.22. The number of benzene rings is 1. The minimum atomic E-state index is 0. The molecule has 6 heteroatoms. The molecule has 1 aromatic rings. The Morgan fingerprint density at radius 1 is 1.32 bits per heavy atom. The number of amides is 1. The molecule has 3 rings (SSSR count). The van der Waals surface area contributed by atoms with Gasteiger partial charge in [0.05, 0.1) is 0 Å². The lowest BCUT2D eigenvalue weighted by molar-refractivity contribution is -0.128. The quantitative estimate of drug-likeness (QED) is 0.904. The first-order chi connectivity index (χ1) is 8.76. The van der Waals surface area contributed by atoms with Crippen LogP contribution in [0.5, 0.6) is 11.5 Å². The fraction of sp³-hybridized carbons (Fsp3) is 0.462. The number of hydrogen-bond acceptors (Lipinski definition) is 4. The number of nitrogens with two attached hydrogens (primary N) is 1. The molecule has 2 aliphatic rings. The lowest BCUT2D eigenvalue weighted by Gasteiger charge is -2.16. The molecule has 1 amide bonds. The van der Waals surface area contributed by atoms with Crippen LogP contribution in [0.1, 0.15) is 12.0 Å². The molecule has 0 aromatic heterocycles. The third-order valence-corrected chi connectivity index (χ3v) is 3.44. The van der Waals surface area contributed by atoms with E-state index in [0.717, 1.165) is 23.6 Å². The van der Waals surface area contributed by atoms with Gasteiger partial charge in [0, 0.05) is 19.5 Å². The largest absolute Gasteiger partial charge is 0.454 e. The highest BCUT2D eigenvalue weighted by Crippen LogP contribution is 2.33. The number of carbonyl (C=O) groups excluding carboxylic acids is 1. The first kappa shape index (κ1) is 14.0. The molecule has 104 valence electrons. The molecule has 1 unspecified atom stereocenters. The van der Waals surface area contributed by atoms with Crippen LogP contribution in [0.2, 0.25) is 0 Å². The predicted octanol–water partition coefficient (Wildman–Crippen LogP) is 1.14. The number of rotatable bonds is 3. The molecule has 0 aliphatic carbocycles. The van der Waals surface area contributed by atoms with Crippen LogP contribution in [0, 0.1) is 5.92 Å². The molecule has 19 heavy (non-hydrogen) atoms. The third kappa shape index (κ3) is 2.77. The molecule has 0 spiro atoms. The van der Waals surface area contributed by atoms with Crippen molar-refractivity contribution in [2.45, 2.75) is 13.0 Å². The molecule has 1 fully saturated rings. The normalized spacial score (nSPS) is 20.6. The molecule has 2 heterocycles. The standard InChI is InChI=1S/C13H16N2O3.ClH/c14-5-10-4-13(16)15(7-10)6-9-1-2-11-12(3-9)18-8-17-11;/h1-3,10H,4-8,14H2;1H. The van der Waals surface area contributed by atoms with E-state index in [1.807, 2.05) is 23.1 Å². The van der Waals surface area contributed by atoms with Crippen LogP contribution < -0.4 is 15.2 Å². The van der Waals surface area contributed by atoms with Gasteiger partial charge in [0.25, 0.3) is 0 Å². The van der Waals surface area contributed by atoms with Crippen molar-refractivity contribution >= 4 is 18.3 Å². The van der Waals surface area contributed by atoms with Gasteiger partial charge in [-0.1, -0.05) is 6.07 Å². The van der Waals surface area contributed by atoms with Crippen molar-refractivity contribution in [2.75, 3.05) is 19.9 Å². The average Bonchev–Trinajstić information content (AvgIpc) is 2.96. The number of carbonyl (C=O) groups is 1. The van der Waals surface area contributed by atoms with Gasteiger partial charge in [-0.05, 0) is 30.2 Å². The Bertz CT molecular complexity index is 481. The van der Waals surface area contributed by atoms with Gasteiger partial charge in [-0.15, -0.1) is 12.4 Å². The summed E-state index contributed by atoms with van der Waals surface area (Å²) >= 11 is 0. The van der Waals surface area contributed by atoms with Crippen molar-refractivity contribution in [3.8, 4) is 11.5 Å². The summed E-state index contributed by atoms with van der Waals surface area (Å²) in [5, 5.41) is 0. The smallest absolute Gasteiger partial charge is 0.231 e. The Labute approximate surface area is 118 Å². The average molecular weight is 285 g/mol. The highest BCUT2D eigenvalue weighted by molar-refractivity contribution is 5.85. The maximum Gasteiger partial charge on any atom is 0.231 e. The van der Waals surface area contributed by atoms with E-state index in [2.05, 4.69) is 0 Å². The molecule has 2 N–H and O–H groups in total. The minimum absolute atomic E-state index is 0. The number of fused-ring (bicyclic) bond motifs is 1. The molecule has 5 nitrogen and oxygen atoms in total. The molecule has 0 radical (unpaired) electrons. The fourth-order valence-electron chi connectivity index (χ4n) is 2.42. The number of nitrogens with zero attached hydrogens (tertiary/aromatic N) is 1. The number of halogens is 1. The fourth-order valence-corrected chi connectivity index (χ4v) is 2.42. The predicted molar refractivity (Wildman–Crippen MR) is 72.4 cm³/mol. The number of hydrogen-bond donors (Lipinski definition) is 1. The van der Waals surface area contributed by atoms with E-state index in [0.29, 0.717) is 25.4 Å². The summed E-state index contributed by atoms with van der Waals surface area (Å²) in [7, 11) is 0. The van der Waals surface area contributed by atoms with E-state index in [-0.39, 0.29) is 25.1 Å². The number of ether oxygens (including phenoxy) is 2. The first-order valence-electron chi connectivity index (χ1n) is 6.12. The van der Waals surface area contributed by atoms with E-state index in [1.54, 1.807) is 0 Å². The molecule has 2 aliphatic heterocycles. The Kier molecular flexibility index (Phi) is 4.17. The summed E-state index contributed by atoms with van der Waals surface area (Å²) < 4.78 is 10.6. The van der Waals surface area contributed by atoms with Crippen LogP contribution in [-0.4, -0.2) is 30.7 Å². The zero-order valence-electron chi connectivity index (χ0n) is 10.5. The Morgan fingerprint density at radius 2 is 2.11 bits per heavy atom. The van der Waals surface area contributed by atoms with Crippen molar-refractivity contribution in [1.29, 1.82) is 0 Å². The maximum atomic E-state index is 11.8. The van der Waals surface area contributed by atoms with Gasteiger partial charge >= 0.3 is 0 Å². The van der Waals surface area contributed by atoms with Gasteiger partial charge in [-0.2, -0.15) is 0 Å². The van der Waals surface area contributed by atoms with Crippen LogP contribution in [0.3, 0.4) is 0 Å². The van der Waals surface area contributed by atoms with Crippen molar-refractivity contribution in [3.05, 3.63) is 23.8 Å². The van der Waals surface area contributed by atoms with Gasteiger partial charge in [-0.25, -0.2) is 0 Å². The van der Waals surface area contributed by atoms with E-state index < -0.39 is 0 Å². The van der Waals surface area contributed by atoms with E-state index >= 15 is 0 Å². The van der Waals surface area contributed by atoms with Gasteiger partial charge in [0.15, 0.2) is 11.5 Å². The molecular formula is C13H17ClN2O3. The summed E-state index contributed by atoms with van der Waals surface area (Å²) in [4.78, 5) is 13.7. The molecule has 1 atom stereocenters. The van der Waals surface area contributed by atoms with Crippen LogP contribution in [0.15, 0.2) is 18.2 Å². The third-order valence-electron chi connectivity index (χ3n) is 3.44. The first-order valence-corrected chi connectivity index (χ1v) is 6.12. The van der Waals surface area contributed by atoms with Crippen molar-refractivity contribution < 1.29 is 14.3 Å². The molecule has 1 saturated heterocycles. The van der Waals surface area contributed by atoms with Crippen LogP contribution in [0.25, 0.3) is 0 Å². The van der Waals surface area contributed by atoms with Crippen LogP contribution >= 0.6 is 12.4 Å². The highest BCUT2D eigenvalue weighted by Gasteiger charge is 2.28. The number of likely N-dealkylation sites (tertiary alicyclic amines) is 1. The summed E-state index contributed by atoms with van der Waals surface area (Å²) in [6, 6.07) is 5.79. The van der Waals surface area contributed by atoms with Crippen molar-refractivity contribution in [2.24, 2.45) is 11.7 Å². The lowest BCUT2D eigenvalue weighted by atomic mass is 10.1. The Morgan fingerprint density at radius 3 is 2.84 bits per heavy atom. The van der Waals surface area contributed by atoms with E-state index in [4.69, 9.17) is 15.2 Å². The second kappa shape index (κ2) is 5.67. The molecule has 1 aromatic carbocycles. The summed E-state index contributed by atoms with van der Waals surface area (Å²) in [6.07, 6.45) is 0.570. The molecule has 0 bridgehead atoms. The monoisotopic (exact) mass is 284 g/mol. The topological polar surface area (TPSA) is 64.8 Å². The van der Waals surface area contributed by atoms with Crippen LogP contribution in [-0.2, 0) is 11.3 Å². The Hall–Kier alpha value is -1.46. The van der Waals surface area contributed by atoms with Gasteiger partial charge in [0.2, 0.25) is 12.7 Å². The zero-order chi connectivity index (χ0) is 12.5. The van der Waals surface area contributed by atoms with Crippen molar-refractivity contribution in [3.63, 3.8) is 0 Å². The van der Waals surface area contributed by atoms with E-state index in [9.17, 15) is 4.79 Å². The zero-order valence-corrected chi connectivity index (χ0v) is 11.3. The maximum absolute atomic E-state index is 11.8. The molecule has 0 saturated carbocycles. The highest BCUT2D eigenvalue weighted by atomic mass is 35.5. The summed E-state index contributed by atoms with van der Waals surface area (Å²) in [5.41, 5.74) is 6.67. The lowest BCUT2D eigenvalue weighted by Crippen LogP contribution is -2.25. The van der Waals surface area contributed by atoms with E-state index in [1.165, 1.54) is 0 Å². The SMILES string of the molecule is Cl.NCC1CC(=O)N(Cc2ccc3c(c2)OCO3)C1. The minimum Gasteiger partial charge on any atom is -0.454 e. The second-order valence-electron chi connectivity index (χ2n) is 4.77. The summed E-state index contributed by atoms with van der Waals surface area (Å²) in [5.74, 6) is 2.01. The molecular weight excluding hydrogens is 268 g/mol. The van der Waals surface area contributed by atoms with Crippen molar-refractivity contribution in [1.82, 2.24) is 4.90 Å². The van der Waals surface area contributed by atoms with Gasteiger partial charge < -0.3 is 20.1 Å². The Balaban J connectivity index is 0.00000133. The van der Waals surface area contributed by atoms with Gasteiger partial charge in [-0.3, -0.25) is 4.79 Å². The second-order valence-corrected chi connectivity index (χ2v) is 4.77. The van der Waals surface area contributed by atoms with Gasteiger partial charge in [0.1, 0.15) is 0 Å².